The molecule has 2 amide bonds. The Morgan fingerprint density at radius 2 is 2.17 bits per heavy atom. The van der Waals surface area contributed by atoms with Gasteiger partial charge in [0.2, 0.25) is 11.8 Å². The molecule has 1 aliphatic heterocycles. The van der Waals surface area contributed by atoms with E-state index in [1.54, 1.807) is 37.3 Å². The molecule has 1 aromatic carbocycles. The fraction of sp³-hybridized carbons (Fsp3) is 0.389. The lowest BCUT2D eigenvalue weighted by Gasteiger charge is -2.15. The Balaban J connectivity index is 1.94. The average Bonchev–Trinajstić information content (AvgIpc) is 2.92. The Kier molecular flexibility index (Phi) is 6.12. The molecule has 0 aromatic heterocycles. The van der Waals surface area contributed by atoms with Gasteiger partial charge in [0, 0.05) is 30.3 Å². The topological polar surface area (TPSA) is 75.7 Å². The monoisotopic (exact) mass is 330 g/mol. The summed E-state index contributed by atoms with van der Waals surface area (Å²) in [7, 11) is 0. The molecule has 1 fully saturated rings. The number of likely N-dealkylation sites (tertiary alicyclic amines) is 1. The predicted octanol–water partition coefficient (Wildman–Crippen LogP) is 2.51. The standard InChI is InChI=1S/C18H22N2O4/c1-3-6-13(2)18(23)24-15-8-4-7-14(11-15)19-16(21)12-20-10-5-9-17(20)22/h4,6-8,11H,3,5,9-10,12H2,1-2H3,(H,19,21)/b13-6+. The molecule has 1 saturated heterocycles. The van der Waals surface area contributed by atoms with Crippen LogP contribution >= 0.6 is 0 Å². The summed E-state index contributed by atoms with van der Waals surface area (Å²) in [6, 6.07) is 6.63. The Hall–Kier alpha value is -2.63. The molecule has 0 saturated carbocycles. The number of amides is 2. The minimum absolute atomic E-state index is 0.00557. The van der Waals surface area contributed by atoms with Gasteiger partial charge in [-0.3, -0.25) is 9.59 Å². The molecule has 1 N–H and O–H groups in total. The van der Waals surface area contributed by atoms with E-state index in [-0.39, 0.29) is 18.4 Å². The van der Waals surface area contributed by atoms with Crippen LogP contribution in [0, 0.1) is 0 Å². The second kappa shape index (κ2) is 8.29. The Morgan fingerprint density at radius 1 is 1.38 bits per heavy atom. The van der Waals surface area contributed by atoms with E-state index in [2.05, 4.69) is 5.32 Å². The van der Waals surface area contributed by atoms with Crippen molar-refractivity contribution in [3.05, 3.63) is 35.9 Å². The molecule has 1 aliphatic rings. The van der Waals surface area contributed by atoms with Crippen molar-refractivity contribution in [1.82, 2.24) is 4.90 Å². The summed E-state index contributed by atoms with van der Waals surface area (Å²) in [6.45, 7) is 4.30. The second-order valence-electron chi connectivity index (χ2n) is 5.68. The third-order valence-electron chi connectivity index (χ3n) is 3.67. The Morgan fingerprint density at radius 3 is 2.83 bits per heavy atom. The first-order valence-corrected chi connectivity index (χ1v) is 8.06. The van der Waals surface area contributed by atoms with Crippen molar-refractivity contribution in [2.24, 2.45) is 0 Å². The van der Waals surface area contributed by atoms with E-state index in [9.17, 15) is 14.4 Å². The van der Waals surface area contributed by atoms with E-state index in [4.69, 9.17) is 4.74 Å². The minimum Gasteiger partial charge on any atom is -0.423 e. The Labute approximate surface area is 141 Å². The number of carbonyl (C=O) groups excluding carboxylic acids is 3. The minimum atomic E-state index is -0.414. The summed E-state index contributed by atoms with van der Waals surface area (Å²) in [5.74, 6) is -0.316. The predicted molar refractivity (Wildman–Crippen MR) is 90.6 cm³/mol. The third-order valence-corrected chi connectivity index (χ3v) is 3.67. The fourth-order valence-corrected chi connectivity index (χ4v) is 2.46. The lowest BCUT2D eigenvalue weighted by Crippen LogP contribution is -2.33. The number of esters is 1. The zero-order valence-electron chi connectivity index (χ0n) is 14.0. The summed E-state index contributed by atoms with van der Waals surface area (Å²) in [4.78, 5) is 37.0. The van der Waals surface area contributed by atoms with Crippen molar-refractivity contribution in [1.29, 1.82) is 0 Å². The molecule has 1 aromatic rings. The molecule has 0 bridgehead atoms. The van der Waals surface area contributed by atoms with E-state index in [0.717, 1.165) is 12.8 Å². The van der Waals surface area contributed by atoms with Gasteiger partial charge in [0.25, 0.3) is 0 Å². The van der Waals surface area contributed by atoms with Crippen molar-refractivity contribution >= 4 is 23.5 Å². The van der Waals surface area contributed by atoms with Gasteiger partial charge >= 0.3 is 5.97 Å². The molecule has 6 nitrogen and oxygen atoms in total. The fourth-order valence-electron chi connectivity index (χ4n) is 2.46. The third kappa shape index (κ3) is 4.94. The number of benzene rings is 1. The van der Waals surface area contributed by atoms with Crippen LogP contribution in [0.1, 0.15) is 33.1 Å². The highest BCUT2D eigenvalue weighted by atomic mass is 16.5. The molecule has 6 heteroatoms. The van der Waals surface area contributed by atoms with Crippen molar-refractivity contribution in [3.63, 3.8) is 0 Å². The average molecular weight is 330 g/mol. The smallest absolute Gasteiger partial charge is 0.338 e. The summed E-state index contributed by atoms with van der Waals surface area (Å²) in [5.41, 5.74) is 1.06. The highest BCUT2D eigenvalue weighted by molar-refractivity contribution is 5.95. The second-order valence-corrected chi connectivity index (χ2v) is 5.68. The number of anilines is 1. The van der Waals surface area contributed by atoms with E-state index >= 15 is 0 Å². The van der Waals surface area contributed by atoms with Crippen LogP contribution in [0.25, 0.3) is 0 Å². The van der Waals surface area contributed by atoms with Crippen molar-refractivity contribution < 1.29 is 19.1 Å². The summed E-state index contributed by atoms with van der Waals surface area (Å²) in [6.07, 6.45) is 3.85. The first-order valence-electron chi connectivity index (χ1n) is 8.06. The molecule has 0 atom stereocenters. The zero-order chi connectivity index (χ0) is 17.5. The highest BCUT2D eigenvalue weighted by Gasteiger charge is 2.22. The van der Waals surface area contributed by atoms with E-state index in [1.165, 1.54) is 4.90 Å². The summed E-state index contributed by atoms with van der Waals surface area (Å²) < 4.78 is 5.28. The first-order chi connectivity index (χ1) is 11.5. The van der Waals surface area contributed by atoms with Gasteiger partial charge < -0.3 is 15.0 Å². The van der Waals surface area contributed by atoms with Crippen LogP contribution in [0.15, 0.2) is 35.9 Å². The summed E-state index contributed by atoms with van der Waals surface area (Å²) >= 11 is 0. The molecule has 0 unspecified atom stereocenters. The number of rotatable bonds is 6. The quantitative estimate of drug-likeness (QED) is 0.494. The first kappa shape index (κ1) is 17.7. The molecule has 128 valence electrons. The van der Waals surface area contributed by atoms with Crippen LogP contribution in [0.4, 0.5) is 5.69 Å². The van der Waals surface area contributed by atoms with E-state index in [1.807, 2.05) is 6.92 Å². The maximum Gasteiger partial charge on any atom is 0.338 e. The highest BCUT2D eigenvalue weighted by Crippen LogP contribution is 2.19. The van der Waals surface area contributed by atoms with Gasteiger partial charge in [-0.1, -0.05) is 19.1 Å². The molecule has 0 radical (unpaired) electrons. The van der Waals surface area contributed by atoms with Gasteiger partial charge in [0.05, 0.1) is 6.54 Å². The number of nitrogens with zero attached hydrogens (tertiary/aromatic N) is 1. The molecule has 24 heavy (non-hydrogen) atoms. The molecular weight excluding hydrogens is 308 g/mol. The van der Waals surface area contributed by atoms with Crippen LogP contribution in [0.2, 0.25) is 0 Å². The summed E-state index contributed by atoms with van der Waals surface area (Å²) in [5, 5.41) is 2.72. The maximum absolute atomic E-state index is 12.0. The van der Waals surface area contributed by atoms with Crippen LogP contribution in [0.3, 0.4) is 0 Å². The van der Waals surface area contributed by atoms with Gasteiger partial charge in [-0.05, 0) is 31.9 Å². The van der Waals surface area contributed by atoms with Crippen molar-refractivity contribution in [2.45, 2.75) is 33.1 Å². The lowest BCUT2D eigenvalue weighted by atomic mass is 10.2. The normalized spacial score (nSPS) is 14.7. The van der Waals surface area contributed by atoms with Gasteiger partial charge in [0.1, 0.15) is 5.75 Å². The van der Waals surface area contributed by atoms with Gasteiger partial charge in [-0.15, -0.1) is 0 Å². The van der Waals surface area contributed by atoms with Crippen LogP contribution in [-0.4, -0.2) is 35.8 Å². The Bertz CT molecular complexity index is 667. The molecule has 1 heterocycles. The molecular formula is C18H22N2O4. The number of ether oxygens (including phenoxy) is 1. The molecule has 0 aliphatic carbocycles. The van der Waals surface area contributed by atoms with Gasteiger partial charge in [-0.2, -0.15) is 0 Å². The van der Waals surface area contributed by atoms with Gasteiger partial charge in [0.15, 0.2) is 0 Å². The van der Waals surface area contributed by atoms with E-state index in [0.29, 0.717) is 30.0 Å². The van der Waals surface area contributed by atoms with Gasteiger partial charge in [-0.25, -0.2) is 4.79 Å². The largest absolute Gasteiger partial charge is 0.423 e. The number of hydrogen-bond acceptors (Lipinski definition) is 4. The number of hydrogen-bond donors (Lipinski definition) is 1. The lowest BCUT2D eigenvalue weighted by molar-refractivity contribution is -0.131. The molecule has 0 spiro atoms. The number of carbonyl (C=O) groups is 3. The van der Waals surface area contributed by atoms with Crippen molar-refractivity contribution in [2.75, 3.05) is 18.4 Å². The van der Waals surface area contributed by atoms with E-state index < -0.39 is 5.97 Å². The van der Waals surface area contributed by atoms with Crippen molar-refractivity contribution in [3.8, 4) is 5.75 Å². The number of allylic oxidation sites excluding steroid dienone is 1. The zero-order valence-corrected chi connectivity index (χ0v) is 14.0. The van der Waals surface area contributed by atoms with Crippen LogP contribution < -0.4 is 10.1 Å². The number of nitrogens with one attached hydrogen (secondary N) is 1. The van der Waals surface area contributed by atoms with Crippen LogP contribution in [-0.2, 0) is 14.4 Å². The van der Waals surface area contributed by atoms with Crippen LogP contribution in [0.5, 0.6) is 5.75 Å². The maximum atomic E-state index is 12.0. The molecule has 2 rings (SSSR count). The SMILES string of the molecule is CC/C=C(\C)C(=O)Oc1cccc(NC(=O)CN2CCCC2=O)c1.